The average molecular weight is 354 g/mol. The smallest absolute Gasteiger partial charge is 0.177 e. The Bertz CT molecular complexity index is 1110. The van der Waals surface area contributed by atoms with E-state index in [2.05, 4.69) is 20.1 Å². The van der Waals surface area contributed by atoms with E-state index in [0.29, 0.717) is 27.6 Å². The van der Waals surface area contributed by atoms with Crippen molar-refractivity contribution in [1.82, 2.24) is 24.6 Å². The van der Waals surface area contributed by atoms with Gasteiger partial charge in [0.25, 0.3) is 0 Å². The van der Waals surface area contributed by atoms with E-state index >= 15 is 0 Å². The summed E-state index contributed by atoms with van der Waals surface area (Å²) in [4.78, 5) is 13.1. The van der Waals surface area contributed by atoms with Crippen molar-refractivity contribution in [3.8, 4) is 0 Å². The predicted molar refractivity (Wildman–Crippen MR) is 95.9 cm³/mol. The first-order valence-electron chi connectivity index (χ1n) is 7.64. The van der Waals surface area contributed by atoms with Gasteiger partial charge in [0.2, 0.25) is 0 Å². The molecule has 0 saturated carbocycles. The van der Waals surface area contributed by atoms with E-state index in [0.717, 1.165) is 11.4 Å². The number of hydrogen-bond donors (Lipinski definition) is 0. The van der Waals surface area contributed by atoms with E-state index in [9.17, 15) is 4.39 Å². The minimum Gasteiger partial charge on any atom is -0.256 e. The molecular formula is C18H13ClFN5. The summed E-state index contributed by atoms with van der Waals surface area (Å²) < 4.78 is 15.8. The second-order valence-electron chi connectivity index (χ2n) is 5.72. The van der Waals surface area contributed by atoms with E-state index in [4.69, 9.17) is 11.6 Å². The maximum atomic E-state index is 14.0. The predicted octanol–water partition coefficient (Wildman–Crippen LogP) is 4.25. The van der Waals surface area contributed by atoms with Crippen LogP contribution in [0.3, 0.4) is 0 Å². The third kappa shape index (κ3) is 2.85. The van der Waals surface area contributed by atoms with Crippen LogP contribution in [0.5, 0.6) is 0 Å². The molecule has 0 aliphatic heterocycles. The zero-order valence-electron chi connectivity index (χ0n) is 13.5. The molecule has 0 N–H and O–H groups in total. The second-order valence-corrected chi connectivity index (χ2v) is 6.16. The maximum absolute atomic E-state index is 14.0. The molecule has 0 fully saturated rings. The third-order valence-electron chi connectivity index (χ3n) is 3.86. The van der Waals surface area contributed by atoms with Crippen LogP contribution < -0.4 is 0 Å². The zero-order chi connectivity index (χ0) is 17.6. The minimum atomic E-state index is -0.444. The standard InChI is InChI=1S/C18H13ClFN5/c1-10-9-21-11(2)18-23-16(24-25(10)18)6-5-14-4-3-12-7-13(19)8-15(20)17(12)22-14/h3-9H,1-2H3/b6-5+. The Hall–Kier alpha value is -2.86. The Kier molecular flexibility index (Phi) is 3.69. The second kappa shape index (κ2) is 5.89. The van der Waals surface area contributed by atoms with Crippen molar-refractivity contribution in [2.45, 2.75) is 13.8 Å². The normalized spacial score (nSPS) is 11.8. The molecule has 0 radical (unpaired) electrons. The van der Waals surface area contributed by atoms with Crippen molar-refractivity contribution in [1.29, 1.82) is 0 Å². The fourth-order valence-corrected chi connectivity index (χ4v) is 2.82. The summed E-state index contributed by atoms with van der Waals surface area (Å²) in [6, 6.07) is 6.52. The van der Waals surface area contributed by atoms with Gasteiger partial charge in [-0.2, -0.15) is 0 Å². The summed E-state index contributed by atoms with van der Waals surface area (Å²) >= 11 is 5.86. The zero-order valence-corrected chi connectivity index (χ0v) is 14.3. The molecule has 4 aromatic rings. The summed E-state index contributed by atoms with van der Waals surface area (Å²) in [7, 11) is 0. The van der Waals surface area contributed by atoms with Crippen molar-refractivity contribution < 1.29 is 4.39 Å². The van der Waals surface area contributed by atoms with Crippen molar-refractivity contribution in [2.24, 2.45) is 0 Å². The average Bonchev–Trinajstić information content (AvgIpc) is 3.02. The van der Waals surface area contributed by atoms with E-state index in [1.807, 2.05) is 13.8 Å². The van der Waals surface area contributed by atoms with Gasteiger partial charge in [-0.05, 0) is 44.2 Å². The van der Waals surface area contributed by atoms with Gasteiger partial charge in [0.1, 0.15) is 5.52 Å². The Morgan fingerprint density at radius 2 is 1.96 bits per heavy atom. The maximum Gasteiger partial charge on any atom is 0.177 e. The summed E-state index contributed by atoms with van der Waals surface area (Å²) in [5.74, 6) is 0.0959. The lowest BCUT2D eigenvalue weighted by Gasteiger charge is -2.01. The topological polar surface area (TPSA) is 56.0 Å². The number of fused-ring (bicyclic) bond motifs is 2. The molecule has 0 aliphatic rings. The van der Waals surface area contributed by atoms with Crippen LogP contribution in [0.4, 0.5) is 4.39 Å². The number of aromatic nitrogens is 5. The summed E-state index contributed by atoms with van der Waals surface area (Å²) in [5, 5.41) is 5.45. The van der Waals surface area contributed by atoms with Crippen LogP contribution in [0, 0.1) is 19.7 Å². The van der Waals surface area contributed by atoms with Gasteiger partial charge < -0.3 is 0 Å². The first kappa shape index (κ1) is 15.7. The van der Waals surface area contributed by atoms with E-state index in [-0.39, 0.29) is 5.52 Å². The molecule has 0 aliphatic carbocycles. The highest BCUT2D eigenvalue weighted by Crippen LogP contribution is 2.22. The van der Waals surface area contributed by atoms with Crippen molar-refractivity contribution in [2.75, 3.05) is 0 Å². The van der Waals surface area contributed by atoms with E-state index in [1.165, 1.54) is 6.07 Å². The van der Waals surface area contributed by atoms with Crippen LogP contribution in [0.25, 0.3) is 28.7 Å². The molecule has 5 nitrogen and oxygen atoms in total. The molecule has 0 saturated heterocycles. The molecule has 25 heavy (non-hydrogen) atoms. The highest BCUT2D eigenvalue weighted by Gasteiger charge is 2.08. The molecule has 0 spiro atoms. The SMILES string of the molecule is Cc1ncc(C)n2nc(/C=C/c3ccc4cc(Cl)cc(F)c4n3)nc12. The van der Waals surface area contributed by atoms with Gasteiger partial charge in [0, 0.05) is 16.6 Å². The Labute approximate surface area is 147 Å². The molecule has 0 atom stereocenters. The van der Waals surface area contributed by atoms with Gasteiger partial charge in [0.05, 0.1) is 17.1 Å². The summed E-state index contributed by atoms with van der Waals surface area (Å²) in [6.07, 6.45) is 5.25. The highest BCUT2D eigenvalue weighted by atomic mass is 35.5. The lowest BCUT2D eigenvalue weighted by atomic mass is 10.2. The van der Waals surface area contributed by atoms with Crippen molar-refractivity contribution in [3.63, 3.8) is 0 Å². The molecule has 3 aromatic heterocycles. The molecule has 0 unspecified atom stereocenters. The first-order chi connectivity index (χ1) is 12.0. The van der Waals surface area contributed by atoms with Crippen LogP contribution >= 0.6 is 11.6 Å². The third-order valence-corrected chi connectivity index (χ3v) is 4.08. The molecule has 1 aromatic carbocycles. The van der Waals surface area contributed by atoms with Crippen LogP contribution in [-0.4, -0.2) is 24.6 Å². The number of rotatable bonds is 2. The number of hydrogen-bond acceptors (Lipinski definition) is 4. The van der Waals surface area contributed by atoms with Crippen molar-refractivity contribution >= 4 is 40.3 Å². The largest absolute Gasteiger partial charge is 0.256 e. The fraction of sp³-hybridized carbons (Fsp3) is 0.111. The summed E-state index contributed by atoms with van der Waals surface area (Å²) in [6.45, 7) is 3.80. The van der Waals surface area contributed by atoms with Crippen LogP contribution in [-0.2, 0) is 0 Å². The molecule has 3 heterocycles. The van der Waals surface area contributed by atoms with Gasteiger partial charge in [-0.3, -0.25) is 4.98 Å². The first-order valence-corrected chi connectivity index (χ1v) is 8.02. The number of aryl methyl sites for hydroxylation is 2. The molecular weight excluding hydrogens is 341 g/mol. The number of halogens is 2. The fourth-order valence-electron chi connectivity index (χ4n) is 2.61. The minimum absolute atomic E-state index is 0.283. The van der Waals surface area contributed by atoms with Crippen LogP contribution in [0.1, 0.15) is 22.9 Å². The molecule has 0 amide bonds. The van der Waals surface area contributed by atoms with Gasteiger partial charge in [-0.1, -0.05) is 17.7 Å². The summed E-state index contributed by atoms with van der Waals surface area (Å²) in [5.41, 5.74) is 3.31. The Balaban J connectivity index is 1.73. The van der Waals surface area contributed by atoms with Crippen molar-refractivity contribution in [3.05, 3.63) is 64.2 Å². The highest BCUT2D eigenvalue weighted by molar-refractivity contribution is 6.31. The number of benzene rings is 1. The number of pyridine rings is 1. The van der Waals surface area contributed by atoms with E-state index in [1.54, 1.807) is 41.1 Å². The lowest BCUT2D eigenvalue weighted by Crippen LogP contribution is -1.97. The van der Waals surface area contributed by atoms with Crippen LogP contribution in [0.15, 0.2) is 30.5 Å². The molecule has 124 valence electrons. The molecule has 7 heteroatoms. The van der Waals surface area contributed by atoms with Gasteiger partial charge in [0.15, 0.2) is 17.3 Å². The lowest BCUT2D eigenvalue weighted by molar-refractivity contribution is 0.637. The Morgan fingerprint density at radius 1 is 1.12 bits per heavy atom. The van der Waals surface area contributed by atoms with Gasteiger partial charge in [-0.15, -0.1) is 5.10 Å². The molecule has 4 rings (SSSR count). The molecule has 0 bridgehead atoms. The number of nitrogens with zero attached hydrogens (tertiary/aromatic N) is 5. The van der Waals surface area contributed by atoms with Gasteiger partial charge >= 0.3 is 0 Å². The quantitative estimate of drug-likeness (QED) is 0.540. The van der Waals surface area contributed by atoms with Gasteiger partial charge in [-0.25, -0.2) is 18.9 Å². The van der Waals surface area contributed by atoms with Crippen LogP contribution in [0.2, 0.25) is 5.02 Å². The monoisotopic (exact) mass is 353 g/mol. The van der Waals surface area contributed by atoms with E-state index < -0.39 is 5.82 Å². The Morgan fingerprint density at radius 3 is 2.76 bits per heavy atom.